The lowest BCUT2D eigenvalue weighted by molar-refractivity contribution is 0.190. The van der Waals surface area contributed by atoms with E-state index >= 15 is 0 Å². The Balaban J connectivity index is 4.50. The van der Waals surface area contributed by atoms with Gasteiger partial charge in [0.1, 0.15) is 0 Å². The van der Waals surface area contributed by atoms with Crippen LogP contribution in [0.2, 0.25) is 0 Å². The third-order valence-electron chi connectivity index (χ3n) is 8.62. The van der Waals surface area contributed by atoms with Crippen LogP contribution in [0.5, 0.6) is 0 Å². The van der Waals surface area contributed by atoms with E-state index in [1.165, 1.54) is 180 Å². The van der Waals surface area contributed by atoms with Gasteiger partial charge in [0.05, 0.1) is 0 Å². The fourth-order valence-corrected chi connectivity index (χ4v) is 6.06. The number of rotatable bonds is 29. The summed E-state index contributed by atoms with van der Waals surface area (Å²) in [4.78, 5) is 0. The highest BCUT2D eigenvalue weighted by Crippen LogP contribution is 2.35. The molecule has 0 saturated heterocycles. The number of hydrogen-bond donors (Lipinski definition) is 1. The van der Waals surface area contributed by atoms with Crippen LogP contribution in [0, 0.1) is 5.92 Å². The largest absolute Gasteiger partial charge is 0.325 e. The Labute approximate surface area is 224 Å². The Morgan fingerprint density at radius 2 is 0.629 bits per heavy atom. The van der Waals surface area contributed by atoms with Gasteiger partial charge in [0.2, 0.25) is 0 Å². The molecule has 0 aromatic rings. The minimum atomic E-state index is 0.103. The van der Waals surface area contributed by atoms with Crippen molar-refractivity contribution >= 4 is 0 Å². The maximum atomic E-state index is 7.36. The highest BCUT2D eigenvalue weighted by Gasteiger charge is 2.33. The number of hydrogen-bond acceptors (Lipinski definition) is 1. The second-order valence-corrected chi connectivity index (χ2v) is 12.1. The summed E-state index contributed by atoms with van der Waals surface area (Å²) < 4.78 is 0. The molecule has 212 valence electrons. The third kappa shape index (κ3) is 21.7. The van der Waals surface area contributed by atoms with Gasteiger partial charge in [-0.25, -0.2) is 0 Å². The Hall–Kier alpha value is -0.0400. The monoisotopic (exact) mass is 494 g/mol. The maximum absolute atomic E-state index is 7.36. The van der Waals surface area contributed by atoms with Crippen LogP contribution >= 0.6 is 0 Å². The Kier molecular flexibility index (Phi) is 27.0. The van der Waals surface area contributed by atoms with Crippen molar-refractivity contribution < 1.29 is 0 Å². The molecule has 2 N–H and O–H groups in total. The molecule has 0 aliphatic carbocycles. The van der Waals surface area contributed by atoms with Gasteiger partial charge in [0.25, 0.3) is 0 Å². The second-order valence-electron chi connectivity index (χ2n) is 12.1. The molecular formula is C34H71N. The molecule has 0 fully saturated rings. The summed E-state index contributed by atoms with van der Waals surface area (Å²) in [5, 5.41) is 0. The van der Waals surface area contributed by atoms with Gasteiger partial charge >= 0.3 is 0 Å². The second kappa shape index (κ2) is 27.0. The SMILES string of the molecule is CCCCCCCCCCCCCCC(CCCCCC)C(N)(CCCCCC)CCCCCC. The van der Waals surface area contributed by atoms with Gasteiger partial charge in [-0.15, -0.1) is 0 Å². The van der Waals surface area contributed by atoms with Crippen LogP contribution in [-0.4, -0.2) is 5.54 Å². The Bertz CT molecular complexity index is 378. The van der Waals surface area contributed by atoms with Crippen LogP contribution < -0.4 is 5.73 Å². The van der Waals surface area contributed by atoms with Gasteiger partial charge in [-0.05, 0) is 31.6 Å². The van der Waals surface area contributed by atoms with Gasteiger partial charge in [0.15, 0.2) is 0 Å². The van der Waals surface area contributed by atoms with Gasteiger partial charge in [-0.1, -0.05) is 182 Å². The van der Waals surface area contributed by atoms with Crippen LogP contribution in [0.3, 0.4) is 0 Å². The lowest BCUT2D eigenvalue weighted by atomic mass is 9.72. The van der Waals surface area contributed by atoms with Crippen molar-refractivity contribution in [2.75, 3.05) is 0 Å². The van der Waals surface area contributed by atoms with E-state index in [1.54, 1.807) is 0 Å². The van der Waals surface area contributed by atoms with E-state index in [0.717, 1.165) is 5.92 Å². The molecule has 0 aromatic heterocycles. The van der Waals surface area contributed by atoms with E-state index in [2.05, 4.69) is 27.7 Å². The van der Waals surface area contributed by atoms with E-state index in [-0.39, 0.29) is 5.54 Å². The van der Waals surface area contributed by atoms with Gasteiger partial charge in [-0.3, -0.25) is 0 Å². The van der Waals surface area contributed by atoms with Crippen molar-refractivity contribution in [2.45, 2.75) is 213 Å². The molecule has 0 aliphatic heterocycles. The zero-order valence-electron chi connectivity index (χ0n) is 25.5. The summed E-state index contributed by atoms with van der Waals surface area (Å²) >= 11 is 0. The fourth-order valence-electron chi connectivity index (χ4n) is 6.06. The molecule has 0 spiro atoms. The van der Waals surface area contributed by atoms with Crippen LogP contribution in [0.1, 0.15) is 207 Å². The molecule has 0 rings (SSSR count). The molecule has 1 nitrogen and oxygen atoms in total. The quantitative estimate of drug-likeness (QED) is 0.103. The molecule has 0 radical (unpaired) electrons. The summed E-state index contributed by atoms with van der Waals surface area (Å²) in [6, 6.07) is 0. The highest BCUT2D eigenvalue weighted by molar-refractivity contribution is 4.91. The van der Waals surface area contributed by atoms with Crippen LogP contribution in [0.25, 0.3) is 0 Å². The topological polar surface area (TPSA) is 26.0 Å². The Morgan fingerprint density at radius 3 is 0.971 bits per heavy atom. The minimum Gasteiger partial charge on any atom is -0.325 e. The van der Waals surface area contributed by atoms with Crippen molar-refractivity contribution in [3.05, 3.63) is 0 Å². The molecule has 0 aliphatic rings. The molecule has 0 heterocycles. The highest BCUT2D eigenvalue weighted by atomic mass is 14.8. The number of nitrogens with two attached hydrogens (primary N) is 1. The van der Waals surface area contributed by atoms with Crippen LogP contribution in [0.15, 0.2) is 0 Å². The van der Waals surface area contributed by atoms with Crippen molar-refractivity contribution in [3.8, 4) is 0 Å². The van der Waals surface area contributed by atoms with E-state index in [0.29, 0.717) is 0 Å². The molecule has 1 heteroatoms. The summed E-state index contributed by atoms with van der Waals surface area (Å²) in [6.07, 6.45) is 39.1. The summed E-state index contributed by atoms with van der Waals surface area (Å²) in [7, 11) is 0. The first-order valence-electron chi connectivity index (χ1n) is 16.9. The molecule has 0 aromatic carbocycles. The van der Waals surface area contributed by atoms with Gasteiger partial charge in [-0.2, -0.15) is 0 Å². The average molecular weight is 494 g/mol. The summed E-state index contributed by atoms with van der Waals surface area (Å²) in [5.41, 5.74) is 7.46. The first-order valence-corrected chi connectivity index (χ1v) is 16.9. The van der Waals surface area contributed by atoms with E-state index in [1.807, 2.05) is 0 Å². The molecule has 1 unspecified atom stereocenters. The zero-order valence-corrected chi connectivity index (χ0v) is 25.5. The Morgan fingerprint density at radius 1 is 0.371 bits per heavy atom. The molecular weight excluding hydrogens is 422 g/mol. The summed E-state index contributed by atoms with van der Waals surface area (Å²) in [5.74, 6) is 0.755. The predicted molar refractivity (Wildman–Crippen MR) is 162 cm³/mol. The number of unbranched alkanes of at least 4 members (excludes halogenated alkanes) is 20. The van der Waals surface area contributed by atoms with E-state index in [9.17, 15) is 0 Å². The normalized spacial score (nSPS) is 12.9. The van der Waals surface area contributed by atoms with Crippen LogP contribution in [-0.2, 0) is 0 Å². The maximum Gasteiger partial charge on any atom is 0.0182 e. The van der Waals surface area contributed by atoms with Crippen molar-refractivity contribution in [2.24, 2.45) is 11.7 Å². The van der Waals surface area contributed by atoms with Crippen molar-refractivity contribution in [1.29, 1.82) is 0 Å². The van der Waals surface area contributed by atoms with Crippen molar-refractivity contribution in [3.63, 3.8) is 0 Å². The zero-order chi connectivity index (χ0) is 25.9. The fraction of sp³-hybridized carbons (Fsp3) is 1.00. The van der Waals surface area contributed by atoms with E-state index < -0.39 is 0 Å². The lowest BCUT2D eigenvalue weighted by Crippen LogP contribution is -2.47. The van der Waals surface area contributed by atoms with Crippen molar-refractivity contribution in [1.82, 2.24) is 0 Å². The van der Waals surface area contributed by atoms with Gasteiger partial charge in [0, 0.05) is 5.54 Å². The molecule has 0 amide bonds. The lowest BCUT2D eigenvalue weighted by Gasteiger charge is -2.39. The molecule has 1 atom stereocenters. The molecule has 0 saturated carbocycles. The predicted octanol–water partition coefficient (Wildman–Crippen LogP) is 12.3. The molecule has 35 heavy (non-hydrogen) atoms. The minimum absolute atomic E-state index is 0.103. The summed E-state index contributed by atoms with van der Waals surface area (Å²) in [6.45, 7) is 9.29. The van der Waals surface area contributed by atoms with Gasteiger partial charge < -0.3 is 5.73 Å². The smallest absolute Gasteiger partial charge is 0.0182 e. The first-order chi connectivity index (χ1) is 17.1. The van der Waals surface area contributed by atoms with Crippen LogP contribution in [0.4, 0.5) is 0 Å². The van der Waals surface area contributed by atoms with E-state index in [4.69, 9.17) is 5.73 Å². The molecule has 0 bridgehead atoms. The third-order valence-corrected chi connectivity index (χ3v) is 8.62. The standard InChI is InChI=1S/C34H71N/c1-5-9-13-17-18-19-20-21-22-23-24-26-30-33(29-25-14-10-6-2)34(35,31-27-15-11-7-3)32-28-16-12-8-4/h33H,5-32,35H2,1-4H3. The average Bonchev–Trinajstić information content (AvgIpc) is 2.86. The first kappa shape index (κ1) is 35.0.